The van der Waals surface area contributed by atoms with Crippen molar-refractivity contribution in [3.63, 3.8) is 0 Å². The van der Waals surface area contributed by atoms with Crippen LogP contribution in [0.1, 0.15) is 41.5 Å². The molecule has 0 bridgehead atoms. The highest BCUT2D eigenvalue weighted by Gasteiger charge is 2.29. The van der Waals surface area contributed by atoms with Gasteiger partial charge in [-0.05, 0) is 65.8 Å². The lowest BCUT2D eigenvalue weighted by Gasteiger charge is -2.21. The molecule has 0 unspecified atom stereocenters. The Labute approximate surface area is 277 Å². The Hall–Kier alpha value is -4.62. The molecule has 0 aliphatic heterocycles. The number of carboxylic acid groups (broad SMARTS) is 2. The summed E-state index contributed by atoms with van der Waals surface area (Å²) in [5, 5.41) is 17.6. The Bertz CT molecular complexity index is 1350. The molecule has 2 aromatic carbocycles. The van der Waals surface area contributed by atoms with Crippen LogP contribution in [0.3, 0.4) is 0 Å². The van der Waals surface area contributed by atoms with Gasteiger partial charge in [-0.2, -0.15) is 30.9 Å². The number of anilines is 2. The van der Waals surface area contributed by atoms with Crippen molar-refractivity contribution < 1.29 is 50.7 Å². The third kappa shape index (κ3) is 12.5. The molecule has 3 rings (SSSR count). The number of nitrogens with zero attached hydrogens (tertiary/aromatic N) is 4. The second kappa shape index (κ2) is 19.3. The Morgan fingerprint density at radius 3 is 1.06 bits per heavy atom. The van der Waals surface area contributed by atoms with Gasteiger partial charge in [0.05, 0.1) is 0 Å². The summed E-state index contributed by atoms with van der Waals surface area (Å²) in [4.78, 5) is 22.3. The van der Waals surface area contributed by atoms with Crippen molar-refractivity contribution in [3.05, 3.63) is 72.8 Å². The third-order valence-electron chi connectivity index (χ3n) is 7.17. The first-order chi connectivity index (χ1) is 22.5. The Morgan fingerprint density at radius 1 is 0.562 bits per heavy atom. The Morgan fingerprint density at radius 2 is 0.833 bits per heavy atom. The van der Waals surface area contributed by atoms with Crippen molar-refractivity contribution in [3.8, 4) is 0 Å². The molecule has 2 aromatic rings. The van der Waals surface area contributed by atoms with Crippen molar-refractivity contribution in [2.45, 2.75) is 53.9 Å². The number of benzene rings is 2. The van der Waals surface area contributed by atoms with Crippen molar-refractivity contribution in [1.29, 1.82) is 0 Å². The fourth-order valence-electron chi connectivity index (χ4n) is 4.65. The van der Waals surface area contributed by atoms with Crippen LogP contribution < -0.4 is 24.6 Å². The number of allylic oxidation sites excluding steroid dienone is 4. The van der Waals surface area contributed by atoms with E-state index >= 15 is 0 Å². The predicted molar refractivity (Wildman–Crippen MR) is 173 cm³/mol. The zero-order valence-electron chi connectivity index (χ0n) is 27.9. The molecule has 0 saturated heterocycles. The molecule has 8 nitrogen and oxygen atoms in total. The highest BCUT2D eigenvalue weighted by atomic mass is 19.4. The first kappa shape index (κ1) is 41.4. The van der Waals surface area contributed by atoms with E-state index in [1.165, 1.54) is 34.2 Å². The number of aliphatic carboxylic acids is 2. The first-order valence-electron chi connectivity index (χ1n) is 15.4. The molecular formula is C34H42F6N4O4. The van der Waals surface area contributed by atoms with E-state index in [1.807, 2.05) is 0 Å². The number of alkyl halides is 6. The van der Waals surface area contributed by atoms with Gasteiger partial charge in [0.15, 0.2) is 5.71 Å². The number of hydrogen-bond donors (Lipinski definition) is 0. The van der Waals surface area contributed by atoms with Crippen LogP contribution in [0.15, 0.2) is 72.8 Å². The molecule has 1 aliphatic carbocycles. The highest BCUT2D eigenvalue weighted by molar-refractivity contribution is 6.18. The number of hydrogen-bond acceptors (Lipinski definition) is 6. The third-order valence-corrected chi connectivity index (χ3v) is 7.17. The molecule has 0 atom stereocenters. The lowest BCUT2D eigenvalue weighted by molar-refractivity contribution is -0.519. The molecule has 1 aliphatic rings. The minimum Gasteiger partial charge on any atom is -0.542 e. The zero-order chi connectivity index (χ0) is 36.7. The van der Waals surface area contributed by atoms with Crippen molar-refractivity contribution >= 4 is 46.1 Å². The lowest BCUT2D eigenvalue weighted by atomic mass is 10.1. The number of rotatable bonds is 10. The summed E-state index contributed by atoms with van der Waals surface area (Å²) < 4.78 is 67.8. The van der Waals surface area contributed by atoms with Gasteiger partial charge >= 0.3 is 12.4 Å². The molecule has 0 spiro atoms. The Kier molecular flexibility index (Phi) is 16.6. The SMILES string of the molecule is CCN(CC)c1ccc([N+](=C2C=CC(=[N+](CC)CC)C=C2)c2ccc(N(CC)CC)cc2)cc1.O=C([O-])C(F)(F)F.O=C([O-])C(F)(F)F. The molecule has 14 heteroatoms. The summed E-state index contributed by atoms with van der Waals surface area (Å²) in [5.74, 6) is -6.01. The van der Waals surface area contributed by atoms with Crippen LogP contribution in [0.4, 0.5) is 49.1 Å². The lowest BCUT2D eigenvalue weighted by Crippen LogP contribution is -2.37. The van der Waals surface area contributed by atoms with Gasteiger partial charge in [-0.15, -0.1) is 0 Å². The molecule has 0 aromatic heterocycles. The topological polar surface area (TPSA) is 92.8 Å². The highest BCUT2D eigenvalue weighted by Crippen LogP contribution is 2.27. The van der Waals surface area contributed by atoms with Gasteiger partial charge in [-0.1, -0.05) is 0 Å². The maximum absolute atomic E-state index is 10.5. The maximum Gasteiger partial charge on any atom is 0.430 e. The van der Waals surface area contributed by atoms with E-state index in [9.17, 15) is 26.3 Å². The summed E-state index contributed by atoms with van der Waals surface area (Å²) in [6.45, 7) is 19.3. The monoisotopic (exact) mass is 684 g/mol. The molecular weight excluding hydrogens is 642 g/mol. The fraction of sp³-hybridized carbons (Fsp3) is 0.412. The predicted octanol–water partition coefficient (Wildman–Crippen LogP) is 4.87. The second-order valence-corrected chi connectivity index (χ2v) is 9.97. The van der Waals surface area contributed by atoms with Crippen LogP contribution in [0.25, 0.3) is 0 Å². The smallest absolute Gasteiger partial charge is 0.430 e. The number of halogens is 6. The summed E-state index contributed by atoms with van der Waals surface area (Å²) >= 11 is 0. The largest absolute Gasteiger partial charge is 0.542 e. The van der Waals surface area contributed by atoms with Gasteiger partial charge in [0.1, 0.15) is 25.0 Å². The molecule has 48 heavy (non-hydrogen) atoms. The van der Waals surface area contributed by atoms with Gasteiger partial charge in [0, 0.05) is 86.1 Å². The van der Waals surface area contributed by atoms with Crippen molar-refractivity contribution in [1.82, 2.24) is 4.58 Å². The number of carbonyl (C=O) groups excluding carboxylic acids is 2. The van der Waals surface area contributed by atoms with Gasteiger partial charge in [-0.25, -0.2) is 4.58 Å². The molecule has 0 saturated carbocycles. The van der Waals surface area contributed by atoms with Crippen LogP contribution in [0.5, 0.6) is 0 Å². The van der Waals surface area contributed by atoms with E-state index in [4.69, 9.17) is 19.8 Å². The molecule has 0 radical (unpaired) electrons. The normalized spacial score (nSPS) is 12.3. The van der Waals surface area contributed by atoms with Crippen LogP contribution >= 0.6 is 0 Å². The second-order valence-electron chi connectivity index (χ2n) is 9.97. The number of carbonyl (C=O) groups is 2. The van der Waals surface area contributed by atoms with Gasteiger partial charge in [0.25, 0.3) is 0 Å². The average Bonchev–Trinajstić information content (AvgIpc) is 3.05. The van der Waals surface area contributed by atoms with Gasteiger partial charge < -0.3 is 29.6 Å². The van der Waals surface area contributed by atoms with E-state index in [0.29, 0.717) is 0 Å². The van der Waals surface area contributed by atoms with Gasteiger partial charge in [0.2, 0.25) is 17.1 Å². The molecule has 0 N–H and O–H groups in total. The summed E-state index contributed by atoms with van der Waals surface area (Å²) in [7, 11) is 0. The average molecular weight is 685 g/mol. The van der Waals surface area contributed by atoms with E-state index in [0.717, 1.165) is 39.3 Å². The quantitative estimate of drug-likeness (QED) is 0.202. The van der Waals surface area contributed by atoms with Crippen LogP contribution in [0, 0.1) is 0 Å². The molecule has 0 heterocycles. The summed E-state index contributed by atoms with van der Waals surface area (Å²) in [6, 6.07) is 17.9. The van der Waals surface area contributed by atoms with E-state index in [1.54, 1.807) is 0 Å². The fourth-order valence-corrected chi connectivity index (χ4v) is 4.65. The first-order valence-corrected chi connectivity index (χ1v) is 15.4. The minimum absolute atomic E-state index is 1.01. The maximum atomic E-state index is 10.5. The van der Waals surface area contributed by atoms with Crippen molar-refractivity contribution in [2.75, 3.05) is 49.1 Å². The van der Waals surface area contributed by atoms with Crippen LogP contribution in [-0.4, -0.2) is 79.6 Å². The van der Waals surface area contributed by atoms with Crippen LogP contribution in [-0.2, 0) is 9.59 Å². The Balaban J connectivity index is 0.000000687. The van der Waals surface area contributed by atoms with Crippen LogP contribution in [0.2, 0.25) is 0 Å². The van der Waals surface area contributed by atoms with E-state index in [2.05, 4.69) is 133 Å². The summed E-state index contributed by atoms with van der Waals surface area (Å²) in [5.41, 5.74) is 7.30. The molecule has 0 amide bonds. The molecule has 264 valence electrons. The molecule has 0 fully saturated rings. The van der Waals surface area contributed by atoms with E-state index in [-0.39, 0.29) is 0 Å². The van der Waals surface area contributed by atoms with Crippen molar-refractivity contribution in [2.24, 2.45) is 0 Å². The van der Waals surface area contributed by atoms with Gasteiger partial charge in [-0.3, -0.25) is 0 Å². The number of carboxylic acids is 2. The van der Waals surface area contributed by atoms with E-state index < -0.39 is 24.3 Å². The standard InChI is InChI=1S/C30H42N4.2C2HF3O2/c1-7-31(8-2)25-13-19-28(20-14-25)34(29-21-15-26(16-22-29)32(9-3)10-4)30-23-17-27(18-24-30)33(11-5)12-6;2*3-2(4,5)1(6)7/h13-24H,7-12H2,1-6H3;2*(H,6,7)/q+2;;/p-2. The minimum atomic E-state index is -5.19. The zero-order valence-corrected chi connectivity index (χ0v) is 27.9. The summed E-state index contributed by atoms with van der Waals surface area (Å²) in [6.07, 6.45) is -1.43.